The molecule has 1 atom stereocenters. The summed E-state index contributed by atoms with van der Waals surface area (Å²) in [5.74, 6) is -0.354. The molecule has 0 spiro atoms. The lowest BCUT2D eigenvalue weighted by Gasteiger charge is -2.36. The number of benzene rings is 1. The van der Waals surface area contributed by atoms with Crippen LogP contribution in [0.1, 0.15) is 29.5 Å². The Morgan fingerprint density at radius 1 is 1.03 bits per heavy atom. The normalized spacial score (nSPS) is 15.3. The molecule has 2 heterocycles. The van der Waals surface area contributed by atoms with Crippen LogP contribution in [0.25, 0.3) is 0 Å². The maximum Gasteiger partial charge on any atom is 0.287 e. The van der Waals surface area contributed by atoms with Gasteiger partial charge in [0.2, 0.25) is 11.8 Å². The van der Waals surface area contributed by atoms with E-state index in [1.807, 2.05) is 42.2 Å². The van der Waals surface area contributed by atoms with Crippen molar-refractivity contribution in [3.05, 3.63) is 60.1 Å². The van der Waals surface area contributed by atoms with Crippen molar-refractivity contribution in [3.63, 3.8) is 0 Å². The molecule has 1 aliphatic rings. The van der Waals surface area contributed by atoms with Crippen LogP contribution in [0.4, 0.5) is 0 Å². The topological polar surface area (TPSA) is 94.9 Å². The molecular formula is C23H30N4O4. The monoisotopic (exact) mass is 426 g/mol. The molecule has 3 amide bonds. The summed E-state index contributed by atoms with van der Waals surface area (Å²) in [6.07, 6.45) is 2.73. The minimum absolute atomic E-state index is 0.00860. The van der Waals surface area contributed by atoms with Gasteiger partial charge in [0.05, 0.1) is 12.8 Å². The zero-order valence-corrected chi connectivity index (χ0v) is 17.9. The first-order chi connectivity index (χ1) is 15.1. The molecule has 1 saturated heterocycles. The van der Waals surface area contributed by atoms with E-state index in [-0.39, 0.29) is 17.6 Å². The van der Waals surface area contributed by atoms with E-state index in [0.29, 0.717) is 45.7 Å². The fourth-order valence-corrected chi connectivity index (χ4v) is 3.56. The molecule has 0 aliphatic carbocycles. The quantitative estimate of drug-likeness (QED) is 0.630. The fourth-order valence-electron chi connectivity index (χ4n) is 3.56. The number of hydrogen-bond acceptors (Lipinski definition) is 5. The van der Waals surface area contributed by atoms with Gasteiger partial charge in [0, 0.05) is 39.1 Å². The molecule has 8 nitrogen and oxygen atoms in total. The molecular weight excluding hydrogens is 396 g/mol. The van der Waals surface area contributed by atoms with E-state index in [0.717, 1.165) is 12.0 Å². The molecule has 1 aromatic carbocycles. The second kappa shape index (κ2) is 11.3. The number of piperazine rings is 1. The Morgan fingerprint density at radius 3 is 2.42 bits per heavy atom. The van der Waals surface area contributed by atoms with Crippen molar-refractivity contribution in [3.8, 4) is 0 Å². The molecule has 1 aliphatic heterocycles. The van der Waals surface area contributed by atoms with Gasteiger partial charge in [-0.25, -0.2) is 0 Å². The van der Waals surface area contributed by atoms with Gasteiger partial charge in [-0.1, -0.05) is 37.3 Å². The largest absolute Gasteiger partial charge is 0.459 e. The molecule has 1 aromatic heterocycles. The first kappa shape index (κ1) is 22.6. The highest BCUT2D eigenvalue weighted by atomic mass is 16.3. The highest BCUT2D eigenvalue weighted by Crippen LogP contribution is 2.10. The second-order valence-electron chi connectivity index (χ2n) is 7.64. The zero-order chi connectivity index (χ0) is 22.1. The highest BCUT2D eigenvalue weighted by molar-refractivity contribution is 5.95. The van der Waals surface area contributed by atoms with Crippen LogP contribution in [0.5, 0.6) is 0 Å². The summed E-state index contributed by atoms with van der Waals surface area (Å²) in [5.41, 5.74) is 0.965. The van der Waals surface area contributed by atoms with E-state index >= 15 is 0 Å². The van der Waals surface area contributed by atoms with Gasteiger partial charge in [0.1, 0.15) is 6.04 Å². The Hall–Kier alpha value is -3.13. The van der Waals surface area contributed by atoms with Crippen molar-refractivity contribution in [2.75, 3.05) is 39.3 Å². The van der Waals surface area contributed by atoms with Crippen LogP contribution in [-0.2, 0) is 16.0 Å². The van der Waals surface area contributed by atoms with Gasteiger partial charge in [-0.15, -0.1) is 0 Å². The van der Waals surface area contributed by atoms with Crippen LogP contribution in [0.15, 0.2) is 53.1 Å². The summed E-state index contributed by atoms with van der Waals surface area (Å²) in [6, 6.07) is 12.1. The lowest BCUT2D eigenvalue weighted by molar-refractivity contribution is -0.135. The Balaban J connectivity index is 1.60. The number of furan rings is 1. The van der Waals surface area contributed by atoms with Crippen molar-refractivity contribution in [2.45, 2.75) is 25.8 Å². The molecule has 2 aromatic rings. The summed E-state index contributed by atoms with van der Waals surface area (Å²) in [6.45, 7) is 5.30. The van der Waals surface area contributed by atoms with Gasteiger partial charge < -0.3 is 20.0 Å². The highest BCUT2D eigenvalue weighted by Gasteiger charge is 2.30. The summed E-state index contributed by atoms with van der Waals surface area (Å²) < 4.78 is 5.17. The van der Waals surface area contributed by atoms with E-state index in [9.17, 15) is 14.4 Å². The molecule has 2 N–H and O–H groups in total. The van der Waals surface area contributed by atoms with E-state index in [4.69, 9.17) is 4.42 Å². The number of nitrogens with zero attached hydrogens (tertiary/aromatic N) is 2. The predicted molar refractivity (Wildman–Crippen MR) is 116 cm³/mol. The number of carbonyl (C=O) groups excluding carboxylic acids is 3. The zero-order valence-electron chi connectivity index (χ0n) is 17.9. The van der Waals surface area contributed by atoms with E-state index < -0.39 is 11.9 Å². The van der Waals surface area contributed by atoms with Crippen LogP contribution in [-0.4, -0.2) is 72.8 Å². The number of nitrogens with one attached hydrogen (secondary N) is 2. The predicted octanol–water partition coefficient (Wildman–Crippen LogP) is 1.29. The lowest BCUT2D eigenvalue weighted by atomic mass is 10.0. The van der Waals surface area contributed by atoms with Crippen molar-refractivity contribution in [2.24, 2.45) is 0 Å². The maximum atomic E-state index is 13.3. The molecule has 3 rings (SSSR count). The van der Waals surface area contributed by atoms with Gasteiger partial charge in [-0.3, -0.25) is 19.3 Å². The molecule has 0 bridgehead atoms. The average molecular weight is 427 g/mol. The average Bonchev–Trinajstić information content (AvgIpc) is 3.33. The summed E-state index contributed by atoms with van der Waals surface area (Å²) >= 11 is 0. The number of rotatable bonds is 9. The fraction of sp³-hybridized carbons (Fsp3) is 0.435. The van der Waals surface area contributed by atoms with Gasteiger partial charge >= 0.3 is 0 Å². The molecule has 31 heavy (non-hydrogen) atoms. The molecule has 0 saturated carbocycles. The van der Waals surface area contributed by atoms with Crippen LogP contribution in [0, 0.1) is 0 Å². The van der Waals surface area contributed by atoms with E-state index in [1.54, 1.807) is 17.0 Å². The van der Waals surface area contributed by atoms with Crippen molar-refractivity contribution in [1.82, 2.24) is 20.4 Å². The Labute approximate surface area is 182 Å². The van der Waals surface area contributed by atoms with Gasteiger partial charge in [0.15, 0.2) is 5.76 Å². The molecule has 8 heteroatoms. The minimum Gasteiger partial charge on any atom is -0.459 e. The second-order valence-corrected chi connectivity index (χ2v) is 7.64. The van der Waals surface area contributed by atoms with Gasteiger partial charge in [-0.05, 0) is 24.1 Å². The van der Waals surface area contributed by atoms with Crippen LogP contribution >= 0.6 is 0 Å². The molecule has 0 radical (unpaired) electrons. The Bertz CT molecular complexity index is 846. The minimum atomic E-state index is -0.695. The SMILES string of the molecule is CCCNC(=O)CN1CCN(C(=O)C(Cc2ccccc2)NC(=O)c2ccco2)CC1. The molecule has 1 fully saturated rings. The van der Waals surface area contributed by atoms with Crippen molar-refractivity contribution >= 4 is 17.7 Å². The summed E-state index contributed by atoms with van der Waals surface area (Å²) in [4.78, 5) is 41.5. The number of hydrogen-bond donors (Lipinski definition) is 2. The number of carbonyl (C=O) groups is 3. The third-order valence-electron chi connectivity index (χ3n) is 5.25. The standard InChI is InChI=1S/C23H30N4O4/c1-2-10-24-21(28)17-26-11-13-27(14-12-26)23(30)19(16-18-7-4-3-5-8-18)25-22(29)20-9-6-15-31-20/h3-9,15,19H,2,10-14,16-17H2,1H3,(H,24,28)(H,25,29). The van der Waals surface area contributed by atoms with Crippen molar-refractivity contribution in [1.29, 1.82) is 0 Å². The van der Waals surface area contributed by atoms with Crippen molar-refractivity contribution < 1.29 is 18.8 Å². The van der Waals surface area contributed by atoms with Gasteiger partial charge in [0.25, 0.3) is 5.91 Å². The molecule has 166 valence electrons. The molecule has 1 unspecified atom stereocenters. The van der Waals surface area contributed by atoms with Crippen LogP contribution in [0.3, 0.4) is 0 Å². The van der Waals surface area contributed by atoms with Gasteiger partial charge in [-0.2, -0.15) is 0 Å². The van der Waals surface area contributed by atoms with Crippen LogP contribution < -0.4 is 10.6 Å². The third-order valence-corrected chi connectivity index (χ3v) is 5.25. The van der Waals surface area contributed by atoms with E-state index in [1.165, 1.54) is 6.26 Å². The maximum absolute atomic E-state index is 13.3. The first-order valence-electron chi connectivity index (χ1n) is 10.7. The summed E-state index contributed by atoms with van der Waals surface area (Å²) in [7, 11) is 0. The Morgan fingerprint density at radius 2 is 1.77 bits per heavy atom. The lowest BCUT2D eigenvalue weighted by Crippen LogP contribution is -2.56. The van der Waals surface area contributed by atoms with Crippen LogP contribution in [0.2, 0.25) is 0 Å². The first-order valence-corrected chi connectivity index (χ1v) is 10.7. The summed E-state index contributed by atoms with van der Waals surface area (Å²) in [5, 5.41) is 5.71. The third kappa shape index (κ3) is 6.68. The number of amides is 3. The smallest absolute Gasteiger partial charge is 0.287 e. The van der Waals surface area contributed by atoms with E-state index in [2.05, 4.69) is 10.6 Å². The Kier molecular flexibility index (Phi) is 8.23.